The molecule has 1 saturated carbocycles. The van der Waals surface area contributed by atoms with Crippen LogP contribution in [0.5, 0.6) is 5.75 Å². The maximum atomic E-state index is 12.5. The molecule has 2 aliphatic rings. The number of nitrogens with zero attached hydrogens (tertiary/aromatic N) is 1. The molecule has 24 heavy (non-hydrogen) atoms. The highest BCUT2D eigenvalue weighted by Crippen LogP contribution is 2.35. The first-order valence-electron chi connectivity index (χ1n) is 8.33. The van der Waals surface area contributed by atoms with E-state index in [2.05, 4.69) is 5.32 Å². The average Bonchev–Trinajstić information content (AvgIpc) is 3.07. The van der Waals surface area contributed by atoms with Gasteiger partial charge in [-0.25, -0.2) is 4.79 Å². The monoisotopic (exact) mass is 330 g/mol. The van der Waals surface area contributed by atoms with Gasteiger partial charge in [-0.15, -0.1) is 0 Å². The fraction of sp³-hybridized carbons (Fsp3) is 0.500. The molecule has 128 valence electrons. The smallest absolute Gasteiger partial charge is 0.325 e. The van der Waals surface area contributed by atoms with Crippen molar-refractivity contribution in [3.05, 3.63) is 29.3 Å². The normalized spacial score (nSPS) is 19.0. The first-order chi connectivity index (χ1) is 11.4. The summed E-state index contributed by atoms with van der Waals surface area (Å²) in [6, 6.07) is 5.16. The largest absolute Gasteiger partial charge is 0.426 e. The minimum absolute atomic E-state index is 0.0114. The molecule has 1 aliphatic carbocycles. The van der Waals surface area contributed by atoms with E-state index in [4.69, 9.17) is 4.74 Å². The molecule has 6 nitrogen and oxygen atoms in total. The molecule has 1 N–H and O–H groups in total. The maximum absolute atomic E-state index is 12.5. The van der Waals surface area contributed by atoms with Crippen molar-refractivity contribution in [3.63, 3.8) is 0 Å². The molecule has 0 unspecified atom stereocenters. The number of esters is 1. The van der Waals surface area contributed by atoms with Gasteiger partial charge in [-0.05, 0) is 38.3 Å². The lowest BCUT2D eigenvalue weighted by Crippen LogP contribution is -2.44. The van der Waals surface area contributed by atoms with Gasteiger partial charge in [-0.1, -0.05) is 30.5 Å². The molecule has 6 heteroatoms. The minimum Gasteiger partial charge on any atom is -0.426 e. The van der Waals surface area contributed by atoms with Crippen molar-refractivity contribution in [2.24, 2.45) is 0 Å². The number of imide groups is 1. The molecule has 0 radical (unpaired) electrons. The van der Waals surface area contributed by atoms with Crippen molar-refractivity contribution in [2.45, 2.75) is 51.5 Å². The summed E-state index contributed by atoms with van der Waals surface area (Å²) >= 11 is 0. The number of urea groups is 1. The molecule has 1 heterocycles. The Bertz CT molecular complexity index is 692. The van der Waals surface area contributed by atoms with Gasteiger partial charge in [0.05, 0.1) is 6.42 Å². The van der Waals surface area contributed by atoms with Crippen LogP contribution in [0.4, 0.5) is 4.79 Å². The number of hydrogen-bond donors (Lipinski definition) is 1. The van der Waals surface area contributed by atoms with Gasteiger partial charge in [-0.3, -0.25) is 14.5 Å². The summed E-state index contributed by atoms with van der Waals surface area (Å²) in [7, 11) is 0. The van der Waals surface area contributed by atoms with Gasteiger partial charge < -0.3 is 10.1 Å². The van der Waals surface area contributed by atoms with Crippen LogP contribution in [0.3, 0.4) is 0 Å². The zero-order valence-electron chi connectivity index (χ0n) is 14.1. The molecular weight excluding hydrogens is 308 g/mol. The minimum atomic E-state index is -0.728. The van der Waals surface area contributed by atoms with Crippen LogP contribution in [-0.2, 0) is 9.59 Å². The SMILES string of the molecule is Cc1ccc(OC(=O)CCN2C(=O)NC3(CCCC3)C2=O)c(C)c1. The van der Waals surface area contributed by atoms with Crippen molar-refractivity contribution in [3.8, 4) is 5.75 Å². The van der Waals surface area contributed by atoms with Gasteiger partial charge in [-0.2, -0.15) is 0 Å². The Labute approximate surface area is 141 Å². The van der Waals surface area contributed by atoms with E-state index in [-0.39, 0.29) is 18.9 Å². The molecule has 3 amide bonds. The third-order valence-corrected chi connectivity index (χ3v) is 4.80. The van der Waals surface area contributed by atoms with E-state index in [0.717, 1.165) is 28.9 Å². The predicted octanol–water partition coefficient (Wildman–Crippen LogP) is 2.46. The van der Waals surface area contributed by atoms with Gasteiger partial charge in [0, 0.05) is 6.54 Å². The zero-order valence-corrected chi connectivity index (χ0v) is 14.1. The van der Waals surface area contributed by atoms with Crippen molar-refractivity contribution in [1.29, 1.82) is 0 Å². The van der Waals surface area contributed by atoms with Gasteiger partial charge >= 0.3 is 12.0 Å². The standard InChI is InChI=1S/C18H22N2O4/c1-12-5-6-14(13(2)11-12)24-15(21)7-10-20-16(22)18(19-17(20)23)8-3-4-9-18/h5-6,11H,3-4,7-10H2,1-2H3,(H,19,23). The van der Waals surface area contributed by atoms with Crippen molar-refractivity contribution in [2.75, 3.05) is 6.54 Å². The van der Waals surface area contributed by atoms with Crippen LogP contribution in [0.25, 0.3) is 0 Å². The van der Waals surface area contributed by atoms with Crippen LogP contribution in [0.15, 0.2) is 18.2 Å². The van der Waals surface area contributed by atoms with Gasteiger partial charge in [0.2, 0.25) is 0 Å². The Kier molecular flexibility index (Phi) is 4.30. The highest BCUT2D eigenvalue weighted by atomic mass is 16.5. The number of aryl methyl sites for hydroxylation is 2. The van der Waals surface area contributed by atoms with E-state index in [1.54, 1.807) is 6.07 Å². The summed E-state index contributed by atoms with van der Waals surface area (Å²) in [5.74, 6) is -0.144. The number of ether oxygens (including phenoxy) is 1. The number of carbonyl (C=O) groups is 3. The number of hydrogen-bond acceptors (Lipinski definition) is 4. The van der Waals surface area contributed by atoms with E-state index in [9.17, 15) is 14.4 Å². The first kappa shape index (κ1) is 16.5. The molecule has 1 aromatic carbocycles. The lowest BCUT2D eigenvalue weighted by atomic mass is 9.98. The first-order valence-corrected chi connectivity index (χ1v) is 8.33. The number of rotatable bonds is 4. The lowest BCUT2D eigenvalue weighted by Gasteiger charge is -2.19. The second-order valence-corrected chi connectivity index (χ2v) is 6.67. The fourth-order valence-electron chi connectivity index (χ4n) is 3.49. The average molecular weight is 330 g/mol. The van der Waals surface area contributed by atoms with Gasteiger partial charge in [0.1, 0.15) is 11.3 Å². The summed E-state index contributed by atoms with van der Waals surface area (Å²) in [5.41, 5.74) is 1.24. The molecule has 0 atom stereocenters. The molecule has 1 aromatic rings. The molecule has 2 fully saturated rings. The van der Waals surface area contributed by atoms with E-state index in [0.29, 0.717) is 18.6 Å². The third-order valence-electron chi connectivity index (χ3n) is 4.80. The van der Waals surface area contributed by atoms with Crippen LogP contribution in [0, 0.1) is 13.8 Å². The molecule has 0 bridgehead atoms. The predicted molar refractivity (Wildman–Crippen MR) is 87.6 cm³/mol. The molecular formula is C18H22N2O4. The summed E-state index contributed by atoms with van der Waals surface area (Å²) in [6.45, 7) is 3.89. The van der Waals surface area contributed by atoms with Crippen LogP contribution < -0.4 is 10.1 Å². The quantitative estimate of drug-likeness (QED) is 0.523. The van der Waals surface area contributed by atoms with Crippen LogP contribution in [-0.4, -0.2) is 34.9 Å². The van der Waals surface area contributed by atoms with E-state index in [1.165, 1.54) is 0 Å². The summed E-state index contributed by atoms with van der Waals surface area (Å²) in [4.78, 5) is 37.7. The Morgan fingerprint density at radius 1 is 1.25 bits per heavy atom. The number of carbonyl (C=O) groups excluding carboxylic acids is 3. The van der Waals surface area contributed by atoms with E-state index < -0.39 is 17.5 Å². The van der Waals surface area contributed by atoms with Crippen molar-refractivity contribution >= 4 is 17.9 Å². The number of amides is 3. The number of benzene rings is 1. The molecule has 1 saturated heterocycles. The Morgan fingerprint density at radius 2 is 1.96 bits per heavy atom. The second-order valence-electron chi connectivity index (χ2n) is 6.67. The van der Waals surface area contributed by atoms with Crippen LogP contribution >= 0.6 is 0 Å². The second kappa shape index (κ2) is 6.26. The highest BCUT2D eigenvalue weighted by molar-refractivity contribution is 6.07. The Balaban J connectivity index is 1.58. The van der Waals surface area contributed by atoms with Gasteiger partial charge in [0.25, 0.3) is 5.91 Å². The van der Waals surface area contributed by atoms with E-state index >= 15 is 0 Å². The number of nitrogens with one attached hydrogen (secondary N) is 1. The third kappa shape index (κ3) is 3.00. The molecule has 0 aromatic heterocycles. The molecule has 1 aliphatic heterocycles. The summed E-state index contributed by atoms with van der Waals surface area (Å²) in [6.07, 6.45) is 3.23. The molecule has 3 rings (SSSR count). The lowest BCUT2D eigenvalue weighted by molar-refractivity contribution is -0.135. The Morgan fingerprint density at radius 3 is 2.62 bits per heavy atom. The van der Waals surface area contributed by atoms with Crippen molar-refractivity contribution in [1.82, 2.24) is 10.2 Å². The van der Waals surface area contributed by atoms with E-state index in [1.807, 2.05) is 26.0 Å². The maximum Gasteiger partial charge on any atom is 0.325 e. The van der Waals surface area contributed by atoms with Crippen LogP contribution in [0.1, 0.15) is 43.2 Å². The molecule has 1 spiro atoms. The van der Waals surface area contributed by atoms with Crippen molar-refractivity contribution < 1.29 is 19.1 Å². The zero-order chi connectivity index (χ0) is 17.3. The summed E-state index contributed by atoms with van der Waals surface area (Å²) in [5, 5.41) is 2.80. The topological polar surface area (TPSA) is 75.7 Å². The van der Waals surface area contributed by atoms with Gasteiger partial charge in [0.15, 0.2) is 0 Å². The summed E-state index contributed by atoms with van der Waals surface area (Å²) < 4.78 is 5.34. The highest BCUT2D eigenvalue weighted by Gasteiger charge is 2.52. The fourth-order valence-corrected chi connectivity index (χ4v) is 3.49. The van der Waals surface area contributed by atoms with Crippen LogP contribution in [0.2, 0.25) is 0 Å². The Hall–Kier alpha value is -2.37.